The van der Waals surface area contributed by atoms with Gasteiger partial charge in [0.1, 0.15) is 0 Å². The predicted octanol–water partition coefficient (Wildman–Crippen LogP) is 10.6. The smallest absolute Gasteiger partial charge is 0.164 e. The first kappa shape index (κ1) is 25.8. The quantitative estimate of drug-likeness (QED) is 0.197. The molecule has 8 aromatic rings. The van der Waals surface area contributed by atoms with Gasteiger partial charge in [0.2, 0.25) is 0 Å². The molecule has 0 aliphatic heterocycles. The van der Waals surface area contributed by atoms with Crippen molar-refractivity contribution in [1.29, 1.82) is 0 Å². The molecular formula is C42H29N3. The van der Waals surface area contributed by atoms with Gasteiger partial charge >= 0.3 is 0 Å². The largest absolute Gasteiger partial charge is 0.208 e. The minimum absolute atomic E-state index is 0.0500. The highest BCUT2D eigenvalue weighted by molar-refractivity contribution is 6.21. The molecule has 7 aromatic carbocycles. The Morgan fingerprint density at radius 3 is 1.62 bits per heavy atom. The van der Waals surface area contributed by atoms with Gasteiger partial charge < -0.3 is 0 Å². The van der Waals surface area contributed by atoms with Crippen molar-refractivity contribution in [2.45, 2.75) is 19.3 Å². The van der Waals surface area contributed by atoms with Crippen LogP contribution in [0.15, 0.2) is 140 Å². The third-order valence-corrected chi connectivity index (χ3v) is 9.48. The van der Waals surface area contributed by atoms with Crippen molar-refractivity contribution in [2.24, 2.45) is 0 Å². The lowest BCUT2D eigenvalue weighted by molar-refractivity contribution is 0.661. The van der Waals surface area contributed by atoms with Crippen molar-refractivity contribution in [3.8, 4) is 45.3 Å². The fourth-order valence-corrected chi connectivity index (χ4v) is 7.16. The fourth-order valence-electron chi connectivity index (χ4n) is 7.16. The van der Waals surface area contributed by atoms with E-state index in [1.54, 1.807) is 0 Å². The Morgan fingerprint density at radius 2 is 0.956 bits per heavy atom. The summed E-state index contributed by atoms with van der Waals surface area (Å²) in [6.45, 7) is 4.70. The third kappa shape index (κ3) is 4.01. The second kappa shape index (κ2) is 9.67. The molecule has 3 nitrogen and oxygen atoms in total. The van der Waals surface area contributed by atoms with Crippen LogP contribution in [0.5, 0.6) is 0 Å². The van der Waals surface area contributed by atoms with Crippen LogP contribution in [0, 0.1) is 0 Å². The van der Waals surface area contributed by atoms with Crippen molar-refractivity contribution in [3.63, 3.8) is 0 Å². The number of fused-ring (bicyclic) bond motifs is 8. The van der Waals surface area contributed by atoms with Crippen molar-refractivity contribution in [3.05, 3.63) is 151 Å². The summed E-state index contributed by atoms with van der Waals surface area (Å²) < 4.78 is 0. The molecule has 3 heteroatoms. The zero-order valence-corrected chi connectivity index (χ0v) is 25.1. The van der Waals surface area contributed by atoms with Crippen LogP contribution in [0.2, 0.25) is 0 Å². The first-order valence-electron chi connectivity index (χ1n) is 15.5. The van der Waals surface area contributed by atoms with Crippen molar-refractivity contribution >= 4 is 32.3 Å². The number of aromatic nitrogens is 3. The Balaban J connectivity index is 1.24. The first-order chi connectivity index (χ1) is 22.0. The number of nitrogens with zero attached hydrogens (tertiary/aromatic N) is 3. The lowest BCUT2D eigenvalue weighted by Gasteiger charge is -2.22. The number of benzene rings is 7. The molecule has 45 heavy (non-hydrogen) atoms. The molecule has 1 aliphatic rings. The summed E-state index contributed by atoms with van der Waals surface area (Å²) in [6, 6.07) is 49.6. The minimum Gasteiger partial charge on any atom is -0.208 e. The average Bonchev–Trinajstić information content (AvgIpc) is 3.32. The van der Waals surface area contributed by atoms with E-state index in [2.05, 4.69) is 92.7 Å². The van der Waals surface area contributed by atoms with Crippen LogP contribution in [-0.2, 0) is 5.41 Å². The number of hydrogen-bond acceptors (Lipinski definition) is 3. The molecule has 0 unspecified atom stereocenters. The number of hydrogen-bond donors (Lipinski definition) is 0. The molecule has 0 fully saturated rings. The second-order valence-corrected chi connectivity index (χ2v) is 12.5. The van der Waals surface area contributed by atoms with Crippen LogP contribution >= 0.6 is 0 Å². The molecule has 0 radical (unpaired) electrons. The predicted molar refractivity (Wildman–Crippen MR) is 186 cm³/mol. The van der Waals surface area contributed by atoms with Gasteiger partial charge in [0.25, 0.3) is 0 Å². The van der Waals surface area contributed by atoms with Crippen LogP contribution < -0.4 is 0 Å². The van der Waals surface area contributed by atoms with Crippen LogP contribution in [0.1, 0.15) is 25.0 Å². The molecule has 0 amide bonds. The van der Waals surface area contributed by atoms with E-state index in [9.17, 15) is 0 Å². The Hall–Kier alpha value is -5.67. The lowest BCUT2D eigenvalue weighted by atomic mass is 9.81. The molecule has 0 spiro atoms. The van der Waals surface area contributed by atoms with E-state index < -0.39 is 0 Å². The van der Waals surface area contributed by atoms with Gasteiger partial charge in [-0.05, 0) is 72.8 Å². The maximum Gasteiger partial charge on any atom is 0.164 e. The molecule has 212 valence electrons. The SMILES string of the molecule is CC1(C)c2ccccc2-c2cc3ccc4ccc5cc(-c6nc(-c7ccccc7)nc(-c7ccccc7)n6)ccc5c4c3cc21. The molecule has 0 N–H and O–H groups in total. The molecule has 0 atom stereocenters. The molecule has 9 rings (SSSR count). The summed E-state index contributed by atoms with van der Waals surface area (Å²) in [4.78, 5) is 14.8. The van der Waals surface area contributed by atoms with Crippen LogP contribution in [0.3, 0.4) is 0 Å². The van der Waals surface area contributed by atoms with Crippen molar-refractivity contribution in [1.82, 2.24) is 15.0 Å². The fraction of sp³-hybridized carbons (Fsp3) is 0.0714. The standard InChI is InChI=1S/C42H29N3/c1-42(2)36-16-10-9-15-33(36)35-24-30-20-18-26-17-19-29-23-31(21-22-32(29)38(26)34(30)25-37(35)42)41-44-39(27-11-5-3-6-12-27)43-40(45-41)28-13-7-4-8-14-28/h3-25H,1-2H3. The van der Waals surface area contributed by atoms with E-state index in [0.717, 1.165) is 16.7 Å². The van der Waals surface area contributed by atoms with E-state index in [1.165, 1.54) is 54.6 Å². The Labute approximate surface area is 261 Å². The number of rotatable bonds is 3. The molecule has 1 aromatic heterocycles. The van der Waals surface area contributed by atoms with Gasteiger partial charge in [0.05, 0.1) is 0 Å². The first-order valence-corrected chi connectivity index (χ1v) is 15.5. The summed E-state index contributed by atoms with van der Waals surface area (Å²) >= 11 is 0. The maximum atomic E-state index is 4.97. The van der Waals surface area contributed by atoms with E-state index >= 15 is 0 Å². The summed E-state index contributed by atoms with van der Waals surface area (Å²) in [5.41, 5.74) is 8.35. The third-order valence-electron chi connectivity index (χ3n) is 9.48. The maximum absolute atomic E-state index is 4.97. The Kier molecular flexibility index (Phi) is 5.54. The monoisotopic (exact) mass is 575 g/mol. The molecular weight excluding hydrogens is 546 g/mol. The topological polar surface area (TPSA) is 38.7 Å². The zero-order chi connectivity index (χ0) is 30.1. The van der Waals surface area contributed by atoms with Gasteiger partial charge in [0, 0.05) is 22.1 Å². The summed E-state index contributed by atoms with van der Waals surface area (Å²) in [5, 5.41) is 7.49. The van der Waals surface area contributed by atoms with Gasteiger partial charge in [-0.3, -0.25) is 0 Å². The average molecular weight is 576 g/mol. The van der Waals surface area contributed by atoms with Crippen LogP contribution in [0.25, 0.3) is 77.6 Å². The van der Waals surface area contributed by atoms with E-state index in [0.29, 0.717) is 17.5 Å². The summed E-state index contributed by atoms with van der Waals surface area (Å²) in [5.74, 6) is 2.00. The highest BCUT2D eigenvalue weighted by Crippen LogP contribution is 2.50. The minimum atomic E-state index is -0.0500. The highest BCUT2D eigenvalue weighted by atomic mass is 15.0. The summed E-state index contributed by atoms with van der Waals surface area (Å²) in [6.07, 6.45) is 0. The highest BCUT2D eigenvalue weighted by Gasteiger charge is 2.35. The van der Waals surface area contributed by atoms with Crippen molar-refractivity contribution < 1.29 is 0 Å². The molecule has 0 saturated heterocycles. The van der Waals surface area contributed by atoms with E-state index in [-0.39, 0.29) is 5.41 Å². The van der Waals surface area contributed by atoms with Gasteiger partial charge in [0.15, 0.2) is 17.5 Å². The summed E-state index contributed by atoms with van der Waals surface area (Å²) in [7, 11) is 0. The lowest BCUT2D eigenvalue weighted by Crippen LogP contribution is -2.14. The molecule has 0 saturated carbocycles. The molecule has 1 heterocycles. The van der Waals surface area contributed by atoms with Crippen LogP contribution in [0.4, 0.5) is 0 Å². The van der Waals surface area contributed by atoms with Gasteiger partial charge in [-0.25, -0.2) is 15.0 Å². The van der Waals surface area contributed by atoms with Crippen LogP contribution in [-0.4, -0.2) is 15.0 Å². The van der Waals surface area contributed by atoms with Gasteiger partial charge in [-0.2, -0.15) is 0 Å². The van der Waals surface area contributed by atoms with Gasteiger partial charge in [-0.15, -0.1) is 0 Å². The zero-order valence-electron chi connectivity index (χ0n) is 25.1. The van der Waals surface area contributed by atoms with Crippen molar-refractivity contribution in [2.75, 3.05) is 0 Å². The molecule has 0 bridgehead atoms. The van der Waals surface area contributed by atoms with Gasteiger partial charge in [-0.1, -0.05) is 135 Å². The normalized spacial score (nSPS) is 13.3. The molecule has 1 aliphatic carbocycles. The van der Waals surface area contributed by atoms with E-state index in [4.69, 9.17) is 15.0 Å². The Morgan fingerprint density at radius 1 is 0.400 bits per heavy atom. The Bertz CT molecular complexity index is 2390. The second-order valence-electron chi connectivity index (χ2n) is 12.5. The van der Waals surface area contributed by atoms with E-state index in [1.807, 2.05) is 60.7 Å².